The summed E-state index contributed by atoms with van der Waals surface area (Å²) < 4.78 is 10.7. The van der Waals surface area contributed by atoms with Gasteiger partial charge in [0.15, 0.2) is 0 Å². The fourth-order valence-electron chi connectivity index (χ4n) is 4.04. The Kier molecular flexibility index (Phi) is 9.46. The Hall–Kier alpha value is -5.29. The Balaban J connectivity index is 1.59. The highest BCUT2D eigenvalue weighted by molar-refractivity contribution is 8.00. The Bertz CT molecular complexity index is 1640. The minimum absolute atomic E-state index is 0.195. The number of carbonyl (C=O) groups excluding carboxylic acids is 2. The second kappa shape index (κ2) is 13.4. The van der Waals surface area contributed by atoms with Crippen LogP contribution >= 0.6 is 11.8 Å². The third-order valence-electron chi connectivity index (χ3n) is 6.09. The topological polar surface area (TPSA) is 151 Å². The summed E-state index contributed by atoms with van der Waals surface area (Å²) in [4.78, 5) is 50.2. The van der Waals surface area contributed by atoms with Crippen LogP contribution in [0.2, 0.25) is 0 Å². The monoisotopic (exact) mass is 586 g/mol. The van der Waals surface area contributed by atoms with Gasteiger partial charge < -0.3 is 30.3 Å². The number of hydrogen-bond donors (Lipinski definition) is 4. The lowest BCUT2D eigenvalue weighted by Gasteiger charge is -2.19. The zero-order chi connectivity index (χ0) is 30.2. The Morgan fingerprint density at radius 1 is 0.738 bits per heavy atom. The molecule has 0 fully saturated rings. The van der Waals surface area contributed by atoms with Crippen LogP contribution in [-0.4, -0.2) is 48.2 Å². The molecule has 0 spiro atoms. The number of methoxy groups -OCH3 is 2. The van der Waals surface area contributed by atoms with E-state index in [2.05, 4.69) is 10.6 Å². The third-order valence-corrected chi connectivity index (χ3v) is 7.34. The summed E-state index contributed by atoms with van der Waals surface area (Å²) >= 11 is 1.25. The van der Waals surface area contributed by atoms with Gasteiger partial charge in [-0.1, -0.05) is 36.4 Å². The maximum absolute atomic E-state index is 13.6. The first kappa shape index (κ1) is 29.7. The molecule has 4 N–H and O–H groups in total. The molecule has 0 aliphatic rings. The number of nitrogens with one attached hydrogen (secondary N) is 2. The predicted octanol–water partition coefficient (Wildman–Crippen LogP) is 5.82. The van der Waals surface area contributed by atoms with E-state index >= 15 is 0 Å². The molecule has 0 saturated heterocycles. The number of anilines is 2. The number of carboxylic acid groups (broad SMARTS) is 2. The highest BCUT2D eigenvalue weighted by Gasteiger charge is 2.24. The number of rotatable bonds is 11. The van der Waals surface area contributed by atoms with E-state index in [4.69, 9.17) is 9.47 Å². The summed E-state index contributed by atoms with van der Waals surface area (Å²) in [5, 5.41) is 23.6. The fraction of sp³-hybridized carbons (Fsp3) is 0.0968. The standard InChI is InChI=1S/C31H26N2O8S/c1-40-21-12-14-26(41-2)25(17-21)33-29(35)27(18-7-4-3-5-8-18)42-22-10-6-9-20(16-22)32-28(34)23-13-11-19(30(36)37)15-24(23)31(38)39/h3-17,27H,1-2H3,(H,32,34)(H,33,35)(H,36,37)(H,38,39). The smallest absolute Gasteiger partial charge is 0.336 e. The van der Waals surface area contributed by atoms with Crippen LogP contribution in [0.3, 0.4) is 0 Å². The van der Waals surface area contributed by atoms with Gasteiger partial charge in [-0.15, -0.1) is 11.8 Å². The van der Waals surface area contributed by atoms with E-state index in [1.807, 2.05) is 30.3 Å². The molecule has 1 unspecified atom stereocenters. The van der Waals surface area contributed by atoms with Crippen LogP contribution in [-0.2, 0) is 4.79 Å². The summed E-state index contributed by atoms with van der Waals surface area (Å²) in [6.07, 6.45) is 0. The highest BCUT2D eigenvalue weighted by Crippen LogP contribution is 2.38. The van der Waals surface area contributed by atoms with Crippen molar-refractivity contribution in [1.82, 2.24) is 0 Å². The molecule has 2 amide bonds. The predicted molar refractivity (Wildman–Crippen MR) is 158 cm³/mol. The largest absolute Gasteiger partial charge is 0.497 e. The Morgan fingerprint density at radius 3 is 2.17 bits per heavy atom. The average molecular weight is 587 g/mol. The number of amides is 2. The molecule has 1 atom stereocenters. The van der Waals surface area contributed by atoms with Gasteiger partial charge in [-0.05, 0) is 54.1 Å². The molecule has 42 heavy (non-hydrogen) atoms. The number of hydrogen-bond acceptors (Lipinski definition) is 7. The molecule has 0 aliphatic heterocycles. The first-order chi connectivity index (χ1) is 20.2. The van der Waals surface area contributed by atoms with Crippen LogP contribution in [0.1, 0.15) is 41.9 Å². The molecule has 4 aromatic rings. The van der Waals surface area contributed by atoms with E-state index in [0.29, 0.717) is 27.8 Å². The van der Waals surface area contributed by atoms with Crippen LogP contribution in [0.5, 0.6) is 11.5 Å². The van der Waals surface area contributed by atoms with Gasteiger partial charge in [0.2, 0.25) is 5.91 Å². The van der Waals surface area contributed by atoms with Crippen LogP contribution in [0.4, 0.5) is 11.4 Å². The van der Waals surface area contributed by atoms with E-state index in [1.54, 1.807) is 42.5 Å². The van der Waals surface area contributed by atoms with E-state index < -0.39 is 28.7 Å². The van der Waals surface area contributed by atoms with Crippen molar-refractivity contribution in [2.45, 2.75) is 10.1 Å². The third kappa shape index (κ3) is 7.07. The molecule has 4 aromatic carbocycles. The molecular weight excluding hydrogens is 560 g/mol. The van der Waals surface area contributed by atoms with Crippen LogP contribution in [0.15, 0.2) is 95.9 Å². The zero-order valence-electron chi connectivity index (χ0n) is 22.5. The fourth-order valence-corrected chi connectivity index (χ4v) is 5.13. The lowest BCUT2D eigenvalue weighted by Crippen LogP contribution is -2.19. The number of thioether (sulfide) groups is 1. The number of carboxylic acids is 2. The summed E-state index contributed by atoms with van der Waals surface area (Å²) in [7, 11) is 3.02. The molecular formula is C31H26N2O8S. The van der Waals surface area contributed by atoms with Crippen molar-refractivity contribution in [1.29, 1.82) is 0 Å². The minimum atomic E-state index is -1.43. The van der Waals surface area contributed by atoms with Crippen molar-refractivity contribution < 1.29 is 38.9 Å². The van der Waals surface area contributed by atoms with Crippen molar-refractivity contribution in [3.05, 3.63) is 113 Å². The normalized spacial score (nSPS) is 11.2. The van der Waals surface area contributed by atoms with E-state index in [9.17, 15) is 29.4 Å². The number of benzene rings is 4. The number of aromatic carboxylic acids is 2. The van der Waals surface area contributed by atoms with Crippen LogP contribution in [0.25, 0.3) is 0 Å². The van der Waals surface area contributed by atoms with Crippen LogP contribution in [0, 0.1) is 0 Å². The lowest BCUT2D eigenvalue weighted by atomic mass is 10.0. The first-order valence-corrected chi connectivity index (χ1v) is 13.3. The summed E-state index contributed by atoms with van der Waals surface area (Å²) in [5.74, 6) is -2.79. The quantitative estimate of drug-likeness (QED) is 0.159. The van der Waals surface area contributed by atoms with Gasteiger partial charge in [-0.25, -0.2) is 9.59 Å². The molecule has 214 valence electrons. The van der Waals surface area contributed by atoms with E-state index in [0.717, 1.165) is 23.8 Å². The Morgan fingerprint density at radius 2 is 1.50 bits per heavy atom. The molecule has 0 aliphatic carbocycles. The van der Waals surface area contributed by atoms with Crippen molar-refractivity contribution in [2.24, 2.45) is 0 Å². The molecule has 11 heteroatoms. The first-order valence-electron chi connectivity index (χ1n) is 12.5. The van der Waals surface area contributed by atoms with Crippen molar-refractivity contribution in [3.63, 3.8) is 0 Å². The van der Waals surface area contributed by atoms with Gasteiger partial charge in [-0.3, -0.25) is 9.59 Å². The summed E-state index contributed by atoms with van der Waals surface area (Å²) in [5.41, 5.74) is 0.643. The maximum atomic E-state index is 13.6. The molecule has 0 aromatic heterocycles. The Labute approximate surface area is 245 Å². The summed E-state index contributed by atoms with van der Waals surface area (Å²) in [6.45, 7) is 0. The minimum Gasteiger partial charge on any atom is -0.497 e. The van der Waals surface area contributed by atoms with Crippen LogP contribution < -0.4 is 20.1 Å². The van der Waals surface area contributed by atoms with E-state index in [1.165, 1.54) is 26.0 Å². The SMILES string of the molecule is COc1ccc(OC)c(NC(=O)C(Sc2cccc(NC(=O)c3ccc(C(=O)O)cc3C(=O)O)c2)c2ccccc2)c1. The second-order valence-corrected chi connectivity index (χ2v) is 10.00. The molecule has 0 saturated carbocycles. The number of ether oxygens (including phenoxy) is 2. The number of carbonyl (C=O) groups is 4. The van der Waals surface area contributed by atoms with Gasteiger partial charge in [-0.2, -0.15) is 0 Å². The van der Waals surface area contributed by atoms with Crippen molar-refractivity contribution in [2.75, 3.05) is 24.9 Å². The molecule has 0 heterocycles. The zero-order valence-corrected chi connectivity index (χ0v) is 23.3. The molecule has 0 bridgehead atoms. The van der Waals surface area contributed by atoms with Gasteiger partial charge >= 0.3 is 11.9 Å². The van der Waals surface area contributed by atoms with Gasteiger partial charge in [0.05, 0.1) is 36.6 Å². The highest BCUT2D eigenvalue weighted by atomic mass is 32.2. The lowest BCUT2D eigenvalue weighted by molar-refractivity contribution is -0.115. The summed E-state index contributed by atoms with van der Waals surface area (Å²) in [6, 6.07) is 24.2. The maximum Gasteiger partial charge on any atom is 0.336 e. The average Bonchev–Trinajstić information content (AvgIpc) is 2.99. The van der Waals surface area contributed by atoms with E-state index in [-0.39, 0.29) is 17.0 Å². The van der Waals surface area contributed by atoms with Gasteiger partial charge in [0, 0.05) is 16.6 Å². The van der Waals surface area contributed by atoms with Gasteiger partial charge in [0.1, 0.15) is 16.7 Å². The van der Waals surface area contributed by atoms with Crippen molar-refractivity contribution >= 4 is 46.9 Å². The molecule has 0 radical (unpaired) electrons. The van der Waals surface area contributed by atoms with Crippen molar-refractivity contribution in [3.8, 4) is 11.5 Å². The van der Waals surface area contributed by atoms with Gasteiger partial charge in [0.25, 0.3) is 5.91 Å². The second-order valence-electron chi connectivity index (χ2n) is 8.82. The molecule has 10 nitrogen and oxygen atoms in total. The molecule has 4 rings (SSSR count).